The Morgan fingerprint density at radius 3 is 2.11 bits per heavy atom. The molecule has 102 valence electrons. The van der Waals surface area contributed by atoms with Gasteiger partial charge in [0.25, 0.3) is 0 Å². The third-order valence-electron chi connectivity index (χ3n) is 3.22. The maximum atomic E-state index is 9.44. The van der Waals surface area contributed by atoms with Crippen molar-refractivity contribution in [1.82, 2.24) is 0 Å². The lowest BCUT2D eigenvalue weighted by Crippen LogP contribution is -2.28. The van der Waals surface area contributed by atoms with Gasteiger partial charge in [0, 0.05) is 5.41 Å². The van der Waals surface area contributed by atoms with E-state index in [1.54, 1.807) is 0 Å². The second-order valence-corrected chi connectivity index (χ2v) is 5.61. The zero-order valence-electron chi connectivity index (χ0n) is 11.9. The van der Waals surface area contributed by atoms with Crippen molar-refractivity contribution in [3.63, 3.8) is 0 Å². The van der Waals surface area contributed by atoms with Crippen molar-refractivity contribution < 1.29 is 10.2 Å². The van der Waals surface area contributed by atoms with Crippen molar-refractivity contribution >= 4 is 0 Å². The summed E-state index contributed by atoms with van der Waals surface area (Å²) < 4.78 is 0. The highest BCUT2D eigenvalue weighted by atomic mass is 16.3. The molecule has 1 aliphatic rings. The van der Waals surface area contributed by atoms with Gasteiger partial charge in [-0.3, -0.25) is 0 Å². The van der Waals surface area contributed by atoms with Gasteiger partial charge in [-0.2, -0.15) is 0 Å². The van der Waals surface area contributed by atoms with E-state index in [2.05, 4.69) is 18.8 Å². The van der Waals surface area contributed by atoms with Crippen molar-refractivity contribution in [2.75, 3.05) is 0 Å². The van der Waals surface area contributed by atoms with E-state index in [-0.39, 0.29) is 5.41 Å². The summed E-state index contributed by atoms with van der Waals surface area (Å²) in [4.78, 5) is 0. The second kappa shape index (κ2) is 8.06. The monoisotopic (exact) mass is 250 g/mol. The summed E-state index contributed by atoms with van der Waals surface area (Å²) in [7, 11) is 0. The lowest BCUT2D eigenvalue weighted by Gasteiger charge is -2.26. The first-order valence-corrected chi connectivity index (χ1v) is 6.75. The molecule has 0 unspecified atom stereocenters. The standard InChI is InChI=1S/C8H12O.C8H14O/c1-2-8(9)6-4-3-5-7-8;1-4-5-8(2,3)6-7-9/h1,9H,3-7H2;9H,4-5H2,1-3H3. The zero-order chi connectivity index (χ0) is 14.1. The van der Waals surface area contributed by atoms with E-state index in [9.17, 15) is 5.11 Å². The minimum absolute atomic E-state index is 0.0104. The molecule has 0 aromatic rings. The third-order valence-corrected chi connectivity index (χ3v) is 3.22. The number of hydrogen-bond donors (Lipinski definition) is 2. The molecular weight excluding hydrogens is 224 g/mol. The molecule has 1 fully saturated rings. The Labute approximate surface area is 112 Å². The molecule has 0 bridgehead atoms. The van der Waals surface area contributed by atoms with Crippen LogP contribution in [0.1, 0.15) is 65.7 Å². The van der Waals surface area contributed by atoms with Gasteiger partial charge in [-0.25, -0.2) is 0 Å². The molecule has 0 atom stereocenters. The summed E-state index contributed by atoms with van der Waals surface area (Å²) in [6.07, 6.45) is 14.2. The summed E-state index contributed by atoms with van der Waals surface area (Å²) in [5.74, 6) is 5.16. The summed E-state index contributed by atoms with van der Waals surface area (Å²) in [6, 6.07) is 0. The van der Waals surface area contributed by atoms with Crippen molar-refractivity contribution in [1.29, 1.82) is 0 Å². The Balaban J connectivity index is 0.000000321. The minimum Gasteiger partial charge on any atom is -0.462 e. The number of hydrogen-bond acceptors (Lipinski definition) is 2. The fourth-order valence-corrected chi connectivity index (χ4v) is 2.12. The fourth-order valence-electron chi connectivity index (χ4n) is 2.12. The molecule has 2 N–H and O–H groups in total. The van der Waals surface area contributed by atoms with Crippen LogP contribution in [0.25, 0.3) is 0 Å². The van der Waals surface area contributed by atoms with Crippen molar-refractivity contribution in [3.8, 4) is 24.4 Å². The Morgan fingerprint density at radius 2 is 1.78 bits per heavy atom. The molecular formula is C16H26O2. The molecule has 0 amide bonds. The van der Waals surface area contributed by atoms with Crippen LogP contribution in [0.15, 0.2) is 0 Å². The van der Waals surface area contributed by atoms with E-state index in [0.717, 1.165) is 38.5 Å². The molecule has 2 heteroatoms. The zero-order valence-corrected chi connectivity index (χ0v) is 11.9. The highest BCUT2D eigenvalue weighted by Crippen LogP contribution is 2.26. The topological polar surface area (TPSA) is 40.5 Å². The lowest BCUT2D eigenvalue weighted by atomic mass is 9.86. The van der Waals surface area contributed by atoms with Crippen LogP contribution in [0.3, 0.4) is 0 Å². The van der Waals surface area contributed by atoms with Gasteiger partial charge in [0.1, 0.15) is 11.7 Å². The second-order valence-electron chi connectivity index (χ2n) is 5.61. The minimum atomic E-state index is -0.752. The van der Waals surface area contributed by atoms with Gasteiger partial charge in [-0.05, 0) is 46.0 Å². The van der Waals surface area contributed by atoms with E-state index >= 15 is 0 Å². The van der Waals surface area contributed by atoms with Crippen LogP contribution in [0, 0.1) is 29.8 Å². The van der Waals surface area contributed by atoms with Crippen LogP contribution >= 0.6 is 0 Å². The van der Waals surface area contributed by atoms with Gasteiger partial charge in [0.2, 0.25) is 0 Å². The molecule has 0 heterocycles. The molecule has 18 heavy (non-hydrogen) atoms. The van der Waals surface area contributed by atoms with E-state index in [0.29, 0.717) is 0 Å². The molecule has 0 saturated heterocycles. The van der Waals surface area contributed by atoms with Gasteiger partial charge < -0.3 is 10.2 Å². The number of aliphatic hydroxyl groups excluding tert-OH is 1. The molecule has 2 nitrogen and oxygen atoms in total. The first-order chi connectivity index (χ1) is 8.39. The van der Waals surface area contributed by atoms with Crippen LogP contribution in [0.2, 0.25) is 0 Å². The van der Waals surface area contributed by atoms with Gasteiger partial charge in [0.15, 0.2) is 0 Å². The first kappa shape index (κ1) is 16.9. The molecule has 1 aliphatic carbocycles. The molecule has 0 aromatic heterocycles. The van der Waals surface area contributed by atoms with Crippen LogP contribution in [0.5, 0.6) is 0 Å². The van der Waals surface area contributed by atoms with Gasteiger partial charge in [-0.15, -0.1) is 6.42 Å². The number of terminal acetylenes is 1. The molecule has 0 aliphatic heterocycles. The first-order valence-electron chi connectivity index (χ1n) is 6.75. The maximum absolute atomic E-state index is 9.44. The summed E-state index contributed by atoms with van der Waals surface area (Å²) in [5.41, 5.74) is -0.762. The lowest BCUT2D eigenvalue weighted by molar-refractivity contribution is 0.0612. The number of aliphatic hydroxyl groups is 2. The average Bonchev–Trinajstić information content (AvgIpc) is 2.30. The van der Waals surface area contributed by atoms with Gasteiger partial charge in [-0.1, -0.05) is 31.6 Å². The van der Waals surface area contributed by atoms with Crippen LogP contribution < -0.4 is 0 Å². The van der Waals surface area contributed by atoms with Crippen molar-refractivity contribution in [2.45, 2.75) is 71.3 Å². The van der Waals surface area contributed by atoms with Crippen LogP contribution in [0.4, 0.5) is 0 Å². The van der Waals surface area contributed by atoms with E-state index in [4.69, 9.17) is 11.5 Å². The highest BCUT2D eigenvalue weighted by Gasteiger charge is 2.25. The average molecular weight is 250 g/mol. The predicted molar refractivity (Wildman–Crippen MR) is 75.3 cm³/mol. The SMILES string of the molecule is C#CC1(O)CCCCC1.CCCC(C)(C)C#CO. The van der Waals surface area contributed by atoms with E-state index in [1.165, 1.54) is 6.42 Å². The Morgan fingerprint density at radius 1 is 1.22 bits per heavy atom. The van der Waals surface area contributed by atoms with Crippen molar-refractivity contribution in [3.05, 3.63) is 0 Å². The van der Waals surface area contributed by atoms with Gasteiger partial charge >= 0.3 is 0 Å². The summed E-state index contributed by atoms with van der Waals surface area (Å²) in [5, 5.41) is 17.7. The molecule has 0 radical (unpaired) electrons. The Hall–Kier alpha value is -1.12. The smallest absolute Gasteiger partial charge is 0.125 e. The normalized spacial score (nSPS) is 17.5. The largest absolute Gasteiger partial charge is 0.462 e. The third kappa shape index (κ3) is 7.25. The van der Waals surface area contributed by atoms with Crippen molar-refractivity contribution in [2.24, 2.45) is 5.41 Å². The van der Waals surface area contributed by atoms with Crippen LogP contribution in [-0.4, -0.2) is 15.8 Å². The molecule has 0 spiro atoms. The Bertz CT molecular complexity index is 319. The molecule has 1 saturated carbocycles. The van der Waals surface area contributed by atoms with E-state index < -0.39 is 5.60 Å². The summed E-state index contributed by atoms with van der Waals surface area (Å²) in [6.45, 7) is 6.17. The highest BCUT2D eigenvalue weighted by molar-refractivity contribution is 5.08. The van der Waals surface area contributed by atoms with Gasteiger partial charge in [0.05, 0.1) is 0 Å². The maximum Gasteiger partial charge on any atom is 0.125 e. The van der Waals surface area contributed by atoms with Crippen LogP contribution in [-0.2, 0) is 0 Å². The quantitative estimate of drug-likeness (QED) is 0.737. The molecule has 1 rings (SSSR count). The number of rotatable bonds is 2. The molecule has 0 aromatic carbocycles. The summed E-state index contributed by atoms with van der Waals surface area (Å²) >= 11 is 0. The fraction of sp³-hybridized carbons (Fsp3) is 0.750. The predicted octanol–water partition coefficient (Wildman–Crippen LogP) is 3.46. The van der Waals surface area contributed by atoms with E-state index in [1.807, 2.05) is 20.0 Å². The Kier molecular flexibility index (Phi) is 7.56.